The molecule has 11 N–H and O–H groups in total. The first-order valence-electron chi connectivity index (χ1n) is 39.1. The van der Waals surface area contributed by atoms with Crippen LogP contribution in [-0.4, -0.2) is 82.2 Å². The largest absolute Gasteiger partial charge is 0.360 e. The van der Waals surface area contributed by atoms with E-state index in [0.29, 0.717) is 5.69 Å². The maximum Gasteiger partial charge on any atom is 0.238 e. The number of imidazole rings is 4. The van der Waals surface area contributed by atoms with E-state index in [-0.39, 0.29) is 12.5 Å². The zero-order valence-corrected chi connectivity index (χ0v) is 74.1. The van der Waals surface area contributed by atoms with Crippen molar-refractivity contribution >= 4 is 292 Å². The maximum absolute atomic E-state index is 12.0. The first kappa shape index (κ1) is 74.8. The Hall–Kier alpha value is -12.5. The Morgan fingerprint density at radius 1 is 0.347 bits per heavy atom. The number of anilines is 1. The topological polar surface area (TPSA) is 259 Å². The van der Waals surface area contributed by atoms with Crippen LogP contribution < -0.4 is 11.1 Å². The minimum absolute atomic E-state index is 0.0689. The summed E-state index contributed by atoms with van der Waals surface area (Å²) in [7, 11) is 0. The first-order chi connectivity index (χ1) is 59.3. The Kier molecular flexibility index (Phi) is 18.8. The summed E-state index contributed by atoms with van der Waals surface area (Å²) in [6.07, 6.45) is 7.64. The van der Waals surface area contributed by atoms with Gasteiger partial charge in [-0.05, 0) is 256 Å². The van der Waals surface area contributed by atoms with Gasteiger partial charge in [-0.3, -0.25) is 14.8 Å². The predicted molar refractivity (Wildman–Crippen MR) is 536 cm³/mol. The van der Waals surface area contributed by atoms with E-state index in [1.165, 1.54) is 68.1 Å². The van der Waals surface area contributed by atoms with Gasteiger partial charge in [0.05, 0.1) is 73.0 Å². The second-order valence-corrected chi connectivity index (χ2v) is 35.8. The normalized spacial score (nSPS) is 11.8. The molecule has 22 heteroatoms. The third-order valence-electron chi connectivity index (χ3n) is 22.8. The van der Waals surface area contributed by atoms with Gasteiger partial charge in [0.15, 0.2) is 0 Å². The van der Waals surface area contributed by atoms with Crippen molar-refractivity contribution in [3.05, 3.63) is 310 Å². The molecule has 10 heterocycles. The zero-order valence-electron chi connectivity index (χ0n) is 63.9. The van der Waals surface area contributed by atoms with Gasteiger partial charge in [-0.2, -0.15) is 0 Å². The van der Waals surface area contributed by atoms with E-state index >= 15 is 0 Å². The van der Waals surface area contributed by atoms with Crippen molar-refractivity contribution in [1.29, 1.82) is 0 Å². The summed E-state index contributed by atoms with van der Waals surface area (Å²) in [6, 6.07) is 90.3. The van der Waals surface area contributed by atoms with Crippen LogP contribution in [0.15, 0.2) is 290 Å². The Morgan fingerprint density at radius 3 is 1.36 bits per heavy atom. The van der Waals surface area contributed by atoms with Crippen molar-refractivity contribution in [2.75, 3.05) is 11.9 Å². The number of aromatic nitrogens is 14. The zero-order chi connectivity index (χ0) is 81.4. The lowest BCUT2D eigenvalue weighted by molar-refractivity contribution is -0.114. The van der Waals surface area contributed by atoms with Gasteiger partial charge in [0.2, 0.25) is 5.91 Å². The van der Waals surface area contributed by atoms with E-state index in [1.54, 1.807) is 12.4 Å². The van der Waals surface area contributed by atoms with Gasteiger partial charge < -0.3 is 50.9 Å². The number of carbonyl (C=O) groups is 1. The first-order valence-corrected chi connectivity index (χ1v) is 44.2. The van der Waals surface area contributed by atoms with E-state index in [0.717, 1.165) is 187 Å². The molecule has 0 unspecified atom stereocenters. The minimum atomic E-state index is -0.231. The smallest absolute Gasteiger partial charge is 0.238 e. The number of amides is 1. The molecule has 0 bridgehead atoms. The summed E-state index contributed by atoms with van der Waals surface area (Å²) < 4.78 is 5.92. The molecule has 17 nitrogen and oxygen atoms in total. The van der Waals surface area contributed by atoms with Crippen LogP contribution in [0.2, 0.25) is 0 Å². The molecule has 0 saturated heterocycles. The number of nitrogens with zero attached hydrogens (tertiary/aromatic N) is 6. The second kappa shape index (κ2) is 30.4. The quantitative estimate of drug-likeness (QED) is 0.0541. The number of para-hydroxylation sites is 3. The molecule has 0 radical (unpaired) electrons. The van der Waals surface area contributed by atoms with E-state index in [9.17, 15) is 4.79 Å². The molecular weight excluding hydrogens is 2020 g/mol. The molecule has 15 aromatic carbocycles. The number of pyridine rings is 2. The van der Waals surface area contributed by atoms with Crippen molar-refractivity contribution < 1.29 is 4.79 Å². The number of fused-ring (bicyclic) bond motifs is 28. The van der Waals surface area contributed by atoms with Crippen LogP contribution in [0.3, 0.4) is 0 Å². The Morgan fingerprint density at radius 2 is 0.760 bits per heavy atom. The van der Waals surface area contributed by atoms with Crippen molar-refractivity contribution in [2.45, 2.75) is 6.92 Å². The lowest BCUT2D eigenvalue weighted by atomic mass is 9.99. The van der Waals surface area contributed by atoms with Gasteiger partial charge in [-0.25, -0.2) is 19.9 Å². The summed E-state index contributed by atoms with van der Waals surface area (Å²) in [5, 5.41) is 23.6. The fraction of sp³-hybridized carbons (Fsp3) is 0.0202. The van der Waals surface area contributed by atoms with Crippen molar-refractivity contribution in [3.8, 4) is 56.8 Å². The third-order valence-corrected chi connectivity index (χ3v) is 26.0. The van der Waals surface area contributed by atoms with Crippen LogP contribution in [0.25, 0.3) is 231 Å². The number of carbonyl (C=O) groups excluding carboxylic acids is 1. The summed E-state index contributed by atoms with van der Waals surface area (Å²) >= 11 is 13.1. The number of aromatic amines is 8. The number of aryl methyl sites for hydroxylation is 1. The molecular formula is C99H63BrI4N16O. The number of H-pyrrole nitrogens is 8. The van der Waals surface area contributed by atoms with Crippen LogP contribution in [-0.2, 0) is 4.79 Å². The lowest BCUT2D eigenvalue weighted by Gasteiger charge is -2.09. The highest BCUT2D eigenvalue weighted by Gasteiger charge is 2.25. The molecule has 0 saturated carbocycles. The summed E-state index contributed by atoms with van der Waals surface area (Å²) in [4.78, 5) is 69.8. The Labute approximate surface area is 750 Å². The van der Waals surface area contributed by atoms with Crippen LogP contribution in [0, 0.1) is 21.2 Å². The van der Waals surface area contributed by atoms with Gasteiger partial charge >= 0.3 is 0 Å². The van der Waals surface area contributed by atoms with Gasteiger partial charge in [-0.15, -0.1) is 0 Å². The van der Waals surface area contributed by atoms with Crippen molar-refractivity contribution in [2.24, 2.45) is 5.73 Å². The number of benzene rings is 15. The van der Waals surface area contributed by atoms with E-state index in [1.807, 2.05) is 97.3 Å². The Balaban J connectivity index is 0.0000000973. The second-order valence-electron chi connectivity index (χ2n) is 30.0. The molecule has 0 aliphatic heterocycles. The minimum Gasteiger partial charge on any atom is -0.360 e. The molecule has 121 heavy (non-hydrogen) atoms. The van der Waals surface area contributed by atoms with Crippen LogP contribution in [0.5, 0.6) is 0 Å². The van der Waals surface area contributed by atoms with Gasteiger partial charge in [0, 0.05) is 158 Å². The standard InChI is InChI=1S/C31H23N5O.C24H15I2N3.C23H13I2N3.C21H12BrN5/c32-17-26(37)33-19-14-15-21-20-10-4-5-11-22(20)29-30(24(21)16-19)36-31(35-29)27-23-12-6-7-13-25(23)34-28(27)18-8-2-1-3-9-18;1-12-21(17-4-2-3-5-20(17)27-12)24-28-22-18-10-13(25)6-8-15(18)16-9-7-14(26)11-19(16)23(22)29-24;24-12-5-7-14-15-8-6-13(25)10-18(15)22-21(17(14)9-12)27-23(28-22)19-11-26-20-4-2-1-3-16(19)20;22-11-5-6-16-14(9-11)15(10-25-16)21-26-19-12-3-1-7-23-17(12)18-13(20(19)27-21)4-2-8-24-18/h1-16,34H,17,32H2,(H,33,37)(H,35,36);2-11,27H,1H3,(H,28,29);1-11,26H,(H,27,28);1-10,25H,(H,26,27). The fourth-order valence-electron chi connectivity index (χ4n) is 17.5. The summed E-state index contributed by atoms with van der Waals surface area (Å²) in [5.74, 6) is 3.21. The summed E-state index contributed by atoms with van der Waals surface area (Å²) in [6.45, 7) is 2.05. The van der Waals surface area contributed by atoms with Crippen molar-refractivity contribution in [3.63, 3.8) is 0 Å². The van der Waals surface area contributed by atoms with E-state index < -0.39 is 0 Å². The molecule has 25 aromatic rings. The molecule has 0 aliphatic rings. The van der Waals surface area contributed by atoms with Gasteiger partial charge in [-0.1, -0.05) is 155 Å². The van der Waals surface area contributed by atoms with Gasteiger partial charge in [0.1, 0.15) is 23.3 Å². The molecule has 1 amide bonds. The lowest BCUT2D eigenvalue weighted by Crippen LogP contribution is -2.21. The number of hydrogen-bond donors (Lipinski definition) is 10. The number of rotatable bonds is 7. The molecule has 0 aliphatic carbocycles. The molecule has 0 atom stereocenters. The van der Waals surface area contributed by atoms with Gasteiger partial charge in [0.25, 0.3) is 0 Å². The monoisotopic (exact) mass is 2080 g/mol. The maximum atomic E-state index is 12.0. The average Bonchev–Trinajstić information content (AvgIpc) is 1.76. The number of halogens is 5. The number of nitrogens with one attached hydrogen (secondary N) is 9. The highest BCUT2D eigenvalue weighted by atomic mass is 127. The summed E-state index contributed by atoms with van der Waals surface area (Å²) in [5.41, 5.74) is 27.9. The van der Waals surface area contributed by atoms with Crippen LogP contribution in [0.1, 0.15) is 5.69 Å². The molecule has 0 spiro atoms. The number of hydrogen-bond acceptors (Lipinski definition) is 8. The Bertz CT molecular complexity index is 8360. The SMILES string of the molecule is Brc1ccc2[nH]cc(-c3nc4c5cccnc5c5ncccc5c4[nH]3)c2c1.Cc1[nH]c2ccccc2c1-c1nc2c3cc(I)ccc3c3ccc(I)cc3c2[nH]1.Ic1ccc2c3ccc(I)cc3c3[nH]c(-c4c[nH]c5ccccc45)nc3c2c1.NCC(=O)Nc1ccc2c3ccccc3c3[nH]c(-c4c(-c5ccccc5)[nH]c5ccccc45)nc3c2c1. The van der Waals surface area contributed by atoms with Crippen LogP contribution >= 0.6 is 106 Å². The fourth-order valence-corrected chi connectivity index (χ4v) is 19.8. The predicted octanol–water partition coefficient (Wildman–Crippen LogP) is 26.9. The highest BCUT2D eigenvalue weighted by molar-refractivity contribution is 14.1. The van der Waals surface area contributed by atoms with Crippen LogP contribution in [0.4, 0.5) is 5.69 Å². The average molecular weight is 2080 g/mol. The highest BCUT2D eigenvalue weighted by Crippen LogP contribution is 2.45. The third kappa shape index (κ3) is 13.0. The van der Waals surface area contributed by atoms with E-state index in [4.69, 9.17) is 25.7 Å². The molecule has 0 fully saturated rings. The molecule has 580 valence electrons. The molecule has 10 aromatic heterocycles. The van der Waals surface area contributed by atoms with Crippen molar-refractivity contribution in [1.82, 2.24) is 69.8 Å². The van der Waals surface area contributed by atoms with E-state index in [2.05, 4.69) is 344 Å². The number of nitrogens with two attached hydrogens (primary N) is 1. The molecule has 25 rings (SSSR count).